The molecule has 0 saturated carbocycles. The third-order valence-electron chi connectivity index (χ3n) is 2.96. The quantitative estimate of drug-likeness (QED) is 0.553. The van der Waals surface area contributed by atoms with Gasteiger partial charge in [-0.15, -0.1) is 0 Å². The van der Waals surface area contributed by atoms with Gasteiger partial charge < -0.3 is 4.74 Å². The Hall–Kier alpha value is -1.24. The van der Waals surface area contributed by atoms with E-state index in [-0.39, 0.29) is 0 Å². The molecule has 0 heterocycles. The second-order valence-electron chi connectivity index (χ2n) is 4.61. The maximum absolute atomic E-state index is 5.68. The molecule has 0 aliphatic heterocycles. The molecular weight excluding hydrogens is 220 g/mol. The van der Waals surface area contributed by atoms with Crippen LogP contribution in [0.4, 0.5) is 0 Å². The molecule has 0 N–H and O–H groups in total. The summed E-state index contributed by atoms with van der Waals surface area (Å²) < 4.78 is 5.68. The number of ether oxygens (including phenoxy) is 1. The van der Waals surface area contributed by atoms with E-state index in [1.165, 1.54) is 24.0 Å². The van der Waals surface area contributed by atoms with Gasteiger partial charge in [-0.1, -0.05) is 51.8 Å². The molecule has 1 aromatic rings. The van der Waals surface area contributed by atoms with Crippen LogP contribution in [-0.4, -0.2) is 6.61 Å². The maximum Gasteiger partial charge on any atom is 0.119 e. The Balaban J connectivity index is 2.65. The first-order valence-corrected chi connectivity index (χ1v) is 7.24. The van der Waals surface area contributed by atoms with Gasteiger partial charge in [0.2, 0.25) is 0 Å². The van der Waals surface area contributed by atoms with E-state index >= 15 is 0 Å². The molecule has 0 radical (unpaired) electrons. The first-order valence-electron chi connectivity index (χ1n) is 7.24. The van der Waals surface area contributed by atoms with Crippen molar-refractivity contribution in [3.05, 3.63) is 35.9 Å². The van der Waals surface area contributed by atoms with E-state index in [0.717, 1.165) is 31.6 Å². The third kappa shape index (κ3) is 4.95. The molecule has 0 aromatic heterocycles. The minimum atomic E-state index is 0.822. The van der Waals surface area contributed by atoms with Gasteiger partial charge in [0.25, 0.3) is 0 Å². The van der Waals surface area contributed by atoms with Crippen LogP contribution < -0.4 is 4.74 Å². The number of rotatable bonds is 8. The summed E-state index contributed by atoms with van der Waals surface area (Å²) in [6.45, 7) is 7.42. The first-order chi connectivity index (χ1) is 8.81. The molecule has 1 heteroatoms. The zero-order valence-corrected chi connectivity index (χ0v) is 12.0. The Kier molecular flexibility index (Phi) is 7.24. The molecule has 0 fully saturated rings. The molecule has 0 atom stereocenters. The molecular formula is C17H26O. The summed E-state index contributed by atoms with van der Waals surface area (Å²) in [5, 5.41) is 0. The highest BCUT2D eigenvalue weighted by atomic mass is 16.5. The monoisotopic (exact) mass is 246 g/mol. The van der Waals surface area contributed by atoms with E-state index < -0.39 is 0 Å². The number of hydrogen-bond donors (Lipinski definition) is 0. The van der Waals surface area contributed by atoms with E-state index in [1.807, 2.05) is 0 Å². The molecule has 0 amide bonds. The van der Waals surface area contributed by atoms with Gasteiger partial charge in [-0.3, -0.25) is 0 Å². The van der Waals surface area contributed by atoms with Crippen molar-refractivity contribution in [2.24, 2.45) is 0 Å². The zero-order valence-electron chi connectivity index (χ0n) is 12.0. The Morgan fingerprint density at radius 1 is 1.06 bits per heavy atom. The van der Waals surface area contributed by atoms with E-state index in [0.29, 0.717) is 0 Å². The normalized spacial score (nSPS) is 11.6. The van der Waals surface area contributed by atoms with E-state index in [2.05, 4.69) is 51.1 Å². The molecule has 0 aliphatic carbocycles. The van der Waals surface area contributed by atoms with Crippen LogP contribution in [0.1, 0.15) is 58.4 Å². The molecule has 0 saturated heterocycles. The lowest BCUT2D eigenvalue weighted by molar-refractivity contribution is 0.309. The van der Waals surface area contributed by atoms with Crippen LogP contribution in [0.25, 0.3) is 5.57 Å². The number of benzene rings is 1. The number of unbranched alkanes of at least 4 members (excludes halogenated alkanes) is 1. The largest absolute Gasteiger partial charge is 0.494 e. The lowest BCUT2D eigenvalue weighted by Gasteiger charge is -2.09. The lowest BCUT2D eigenvalue weighted by atomic mass is 10.0. The van der Waals surface area contributed by atoms with Gasteiger partial charge >= 0.3 is 0 Å². The predicted octanol–water partition coefficient (Wildman–Crippen LogP) is 5.46. The van der Waals surface area contributed by atoms with Gasteiger partial charge in [0, 0.05) is 0 Å². The van der Waals surface area contributed by atoms with E-state index in [4.69, 9.17) is 4.74 Å². The summed E-state index contributed by atoms with van der Waals surface area (Å²) in [5.74, 6) is 0.986. The average molecular weight is 246 g/mol. The Bertz CT molecular complexity index is 348. The Morgan fingerprint density at radius 2 is 1.78 bits per heavy atom. The first kappa shape index (κ1) is 14.8. The van der Waals surface area contributed by atoms with Gasteiger partial charge in [-0.25, -0.2) is 0 Å². The van der Waals surface area contributed by atoms with Gasteiger partial charge in [0.05, 0.1) is 6.61 Å². The van der Waals surface area contributed by atoms with Gasteiger partial charge in [0.15, 0.2) is 0 Å². The predicted molar refractivity (Wildman–Crippen MR) is 80.0 cm³/mol. The summed E-state index contributed by atoms with van der Waals surface area (Å²) in [7, 11) is 0. The van der Waals surface area contributed by atoms with Gasteiger partial charge in [-0.05, 0) is 42.5 Å². The van der Waals surface area contributed by atoms with Gasteiger partial charge in [0.1, 0.15) is 5.75 Å². The van der Waals surface area contributed by atoms with Crippen LogP contribution in [0.3, 0.4) is 0 Å². The minimum absolute atomic E-state index is 0.822. The van der Waals surface area contributed by atoms with Crippen molar-refractivity contribution in [3.63, 3.8) is 0 Å². The van der Waals surface area contributed by atoms with Crippen molar-refractivity contribution < 1.29 is 4.74 Å². The Labute approximate surface area is 112 Å². The van der Waals surface area contributed by atoms with Crippen molar-refractivity contribution >= 4 is 5.57 Å². The summed E-state index contributed by atoms with van der Waals surface area (Å²) in [6, 6.07) is 8.53. The Morgan fingerprint density at radius 3 is 2.33 bits per heavy atom. The second-order valence-corrected chi connectivity index (χ2v) is 4.61. The maximum atomic E-state index is 5.68. The standard InChI is InChI=1S/C17H26O/c1-4-7-14-18-17-12-10-16(11-13-17)15(8-5-2)9-6-3/h8,10-13H,4-7,9,14H2,1-3H3. The van der Waals surface area contributed by atoms with E-state index in [9.17, 15) is 0 Å². The van der Waals surface area contributed by atoms with Crippen LogP contribution in [0.15, 0.2) is 30.3 Å². The molecule has 18 heavy (non-hydrogen) atoms. The lowest BCUT2D eigenvalue weighted by Crippen LogP contribution is -1.96. The number of allylic oxidation sites excluding steroid dienone is 2. The van der Waals surface area contributed by atoms with Crippen LogP contribution in [0.2, 0.25) is 0 Å². The molecule has 0 bridgehead atoms. The molecule has 1 aromatic carbocycles. The number of hydrogen-bond acceptors (Lipinski definition) is 1. The highest BCUT2D eigenvalue weighted by Gasteiger charge is 2.01. The van der Waals surface area contributed by atoms with Crippen molar-refractivity contribution in [1.82, 2.24) is 0 Å². The SMILES string of the molecule is CCC=C(CCC)c1ccc(OCCCC)cc1. The van der Waals surface area contributed by atoms with Crippen LogP contribution >= 0.6 is 0 Å². The van der Waals surface area contributed by atoms with Crippen LogP contribution in [-0.2, 0) is 0 Å². The topological polar surface area (TPSA) is 9.23 Å². The average Bonchev–Trinajstić information content (AvgIpc) is 2.40. The summed E-state index contributed by atoms with van der Waals surface area (Å²) in [4.78, 5) is 0. The summed E-state index contributed by atoms with van der Waals surface area (Å²) >= 11 is 0. The molecule has 0 unspecified atom stereocenters. The van der Waals surface area contributed by atoms with Crippen molar-refractivity contribution in [3.8, 4) is 5.75 Å². The summed E-state index contributed by atoms with van der Waals surface area (Å²) in [6.07, 6.45) is 8.08. The fourth-order valence-electron chi connectivity index (χ4n) is 1.98. The van der Waals surface area contributed by atoms with Crippen LogP contribution in [0.5, 0.6) is 5.75 Å². The highest BCUT2D eigenvalue weighted by Crippen LogP contribution is 2.23. The minimum Gasteiger partial charge on any atom is -0.494 e. The fourth-order valence-corrected chi connectivity index (χ4v) is 1.98. The molecule has 100 valence electrons. The second kappa shape index (κ2) is 8.79. The zero-order chi connectivity index (χ0) is 13.2. The molecule has 0 spiro atoms. The van der Waals surface area contributed by atoms with Crippen molar-refractivity contribution in [2.45, 2.75) is 52.9 Å². The van der Waals surface area contributed by atoms with Crippen molar-refractivity contribution in [2.75, 3.05) is 6.61 Å². The van der Waals surface area contributed by atoms with Crippen molar-refractivity contribution in [1.29, 1.82) is 0 Å². The third-order valence-corrected chi connectivity index (χ3v) is 2.96. The van der Waals surface area contributed by atoms with Gasteiger partial charge in [-0.2, -0.15) is 0 Å². The molecule has 0 aliphatic rings. The highest BCUT2D eigenvalue weighted by molar-refractivity contribution is 5.65. The molecule has 1 rings (SSSR count). The van der Waals surface area contributed by atoms with Crippen LogP contribution in [0, 0.1) is 0 Å². The molecule has 1 nitrogen and oxygen atoms in total. The fraction of sp³-hybridized carbons (Fsp3) is 0.529. The van der Waals surface area contributed by atoms with E-state index in [1.54, 1.807) is 0 Å². The summed E-state index contributed by atoms with van der Waals surface area (Å²) in [5.41, 5.74) is 2.79. The smallest absolute Gasteiger partial charge is 0.119 e.